The topological polar surface area (TPSA) is 90.3 Å². The number of hydrogen-bond acceptors (Lipinski definition) is 7. The van der Waals surface area contributed by atoms with Crippen LogP contribution in [0.3, 0.4) is 0 Å². The van der Waals surface area contributed by atoms with Crippen LogP contribution in [-0.4, -0.2) is 26.1 Å². The third-order valence-electron chi connectivity index (χ3n) is 4.93. The third kappa shape index (κ3) is 3.47. The molecule has 2 aliphatic rings. The molecule has 0 radical (unpaired) electrons. The van der Waals surface area contributed by atoms with Crippen molar-refractivity contribution in [3.63, 3.8) is 0 Å². The van der Waals surface area contributed by atoms with Crippen LogP contribution in [0.2, 0.25) is 0 Å². The lowest BCUT2D eigenvalue weighted by Crippen LogP contribution is -2.22. The number of hydrogen-bond donors (Lipinski definition) is 3. The molecule has 0 saturated heterocycles. The molecule has 1 aromatic heterocycles. The van der Waals surface area contributed by atoms with Crippen LogP contribution >= 0.6 is 23.6 Å². The van der Waals surface area contributed by atoms with Gasteiger partial charge in [-0.1, -0.05) is 26.8 Å². The average molecular weight is 380 g/mol. The number of rotatable bonds is 2. The summed E-state index contributed by atoms with van der Waals surface area (Å²) in [5, 5.41) is 36.9. The number of aromatic nitrogens is 1. The largest absolute Gasteiger partial charge is 0.507 e. The molecule has 0 fully saturated rings. The highest BCUT2D eigenvalue weighted by molar-refractivity contribution is 7.73. The highest BCUT2D eigenvalue weighted by Gasteiger charge is 2.27. The zero-order valence-corrected chi connectivity index (χ0v) is 15.9. The van der Waals surface area contributed by atoms with Crippen LogP contribution in [0.25, 0.3) is 11.8 Å². The van der Waals surface area contributed by atoms with Gasteiger partial charge in [-0.2, -0.15) is 5.11 Å². The van der Waals surface area contributed by atoms with Crippen molar-refractivity contribution in [2.45, 2.75) is 33.4 Å². The van der Waals surface area contributed by atoms with E-state index in [0.717, 1.165) is 12.1 Å². The maximum Gasteiger partial charge on any atom is 0.224 e. The molecule has 1 aliphatic heterocycles. The Morgan fingerprint density at radius 2 is 2.04 bits per heavy atom. The molecule has 4 atom stereocenters. The van der Waals surface area contributed by atoms with Crippen LogP contribution in [0.5, 0.6) is 5.88 Å². The molecule has 6 nitrogen and oxygen atoms in total. The van der Waals surface area contributed by atoms with Crippen molar-refractivity contribution in [3.05, 3.63) is 32.4 Å². The summed E-state index contributed by atoms with van der Waals surface area (Å²) in [6.45, 7) is 6.63. The van der Waals surface area contributed by atoms with Crippen molar-refractivity contribution in [1.29, 1.82) is 0 Å². The fraction of sp³-hybridized carbons (Fsp3) is 0.471. The van der Waals surface area contributed by atoms with Crippen LogP contribution in [-0.2, 0) is 0 Å². The number of azo groups is 1. The Balaban J connectivity index is 1.99. The van der Waals surface area contributed by atoms with E-state index in [1.165, 1.54) is 17.4 Å². The zero-order valence-electron chi connectivity index (χ0n) is 14.2. The van der Waals surface area contributed by atoms with Crippen LogP contribution < -0.4 is 0 Å². The molecule has 25 heavy (non-hydrogen) atoms. The molecule has 3 rings (SSSR count). The van der Waals surface area contributed by atoms with E-state index in [0.29, 0.717) is 32.3 Å². The molecule has 0 spiro atoms. The Bertz CT molecular complexity index is 863. The van der Waals surface area contributed by atoms with Gasteiger partial charge in [0, 0.05) is 11.8 Å². The minimum absolute atomic E-state index is 0.0666. The van der Waals surface area contributed by atoms with Gasteiger partial charge in [0.1, 0.15) is 5.76 Å². The molecule has 2 heterocycles. The molecule has 0 saturated carbocycles. The van der Waals surface area contributed by atoms with Crippen molar-refractivity contribution in [2.75, 3.05) is 0 Å². The van der Waals surface area contributed by atoms with Crippen LogP contribution in [0.4, 0.5) is 0 Å². The van der Waals surface area contributed by atoms with E-state index in [9.17, 15) is 15.3 Å². The van der Waals surface area contributed by atoms with E-state index >= 15 is 0 Å². The van der Waals surface area contributed by atoms with Gasteiger partial charge in [0.05, 0.1) is 10.6 Å². The Labute approximate surface area is 155 Å². The van der Waals surface area contributed by atoms with Gasteiger partial charge in [-0.15, -0.1) is 16.5 Å². The molecule has 4 unspecified atom stereocenters. The normalized spacial score (nSPS) is 31.1. The summed E-state index contributed by atoms with van der Waals surface area (Å²) in [5.41, 5.74) is 1.36. The predicted molar refractivity (Wildman–Crippen MR) is 101 cm³/mol. The van der Waals surface area contributed by atoms with Gasteiger partial charge in [0.15, 0.2) is 3.95 Å². The quantitative estimate of drug-likeness (QED) is 0.649. The molecule has 1 aliphatic carbocycles. The predicted octanol–water partition coefficient (Wildman–Crippen LogP) is 4.70. The maximum atomic E-state index is 10.7. The molecule has 8 heteroatoms. The van der Waals surface area contributed by atoms with Crippen molar-refractivity contribution >= 4 is 35.3 Å². The van der Waals surface area contributed by atoms with Gasteiger partial charge < -0.3 is 15.3 Å². The first-order chi connectivity index (χ1) is 11.8. The fourth-order valence-electron chi connectivity index (χ4n) is 3.09. The van der Waals surface area contributed by atoms with Gasteiger partial charge in [0.25, 0.3) is 0 Å². The fourth-order valence-corrected chi connectivity index (χ4v) is 4.41. The molecule has 134 valence electrons. The van der Waals surface area contributed by atoms with Crippen LogP contribution in [0, 0.1) is 21.7 Å². The number of thiazole rings is 1. The molecule has 0 amide bonds. The smallest absolute Gasteiger partial charge is 0.224 e. The first-order valence-corrected chi connectivity index (χ1v) is 9.37. The lowest BCUT2D eigenvalue weighted by molar-refractivity contribution is 0.151. The second-order valence-electron chi connectivity index (χ2n) is 6.68. The van der Waals surface area contributed by atoms with Crippen LogP contribution in [0.1, 0.15) is 32.1 Å². The van der Waals surface area contributed by atoms with E-state index in [-0.39, 0.29) is 11.6 Å². The van der Waals surface area contributed by atoms with Gasteiger partial charge in [0.2, 0.25) is 12.1 Å². The summed E-state index contributed by atoms with van der Waals surface area (Å²) in [6.07, 6.45) is 4.61. The molecular weight excluding hydrogens is 358 g/mol. The number of aliphatic hydroxyl groups excluding tert-OH is 2. The first kappa shape index (κ1) is 18.0. The monoisotopic (exact) mass is 379 g/mol. The minimum Gasteiger partial charge on any atom is -0.507 e. The van der Waals surface area contributed by atoms with E-state index in [4.69, 9.17) is 12.2 Å². The molecule has 0 bridgehead atoms. The van der Waals surface area contributed by atoms with Crippen molar-refractivity contribution < 1.29 is 15.3 Å². The second kappa shape index (κ2) is 6.86. The van der Waals surface area contributed by atoms with Crippen molar-refractivity contribution in [3.8, 4) is 5.88 Å². The average Bonchev–Trinajstić information content (AvgIpc) is 2.82. The van der Waals surface area contributed by atoms with E-state index < -0.39 is 6.23 Å². The maximum absolute atomic E-state index is 10.7. The zero-order chi connectivity index (χ0) is 18.3. The Morgan fingerprint density at radius 1 is 1.32 bits per heavy atom. The number of allylic oxidation sites excluding steroid dienone is 3. The Hall–Kier alpha value is -1.77. The second-order valence-corrected chi connectivity index (χ2v) is 8.35. The summed E-state index contributed by atoms with van der Waals surface area (Å²) in [7, 11) is 0. The van der Waals surface area contributed by atoms with Crippen LogP contribution in [0.15, 0.2) is 33.8 Å². The minimum atomic E-state index is -1.33. The Kier molecular flexibility index (Phi) is 4.95. The van der Waals surface area contributed by atoms with Gasteiger partial charge in [-0.3, -0.25) is 4.57 Å². The van der Waals surface area contributed by atoms with E-state index in [2.05, 4.69) is 37.1 Å². The summed E-state index contributed by atoms with van der Waals surface area (Å²) < 4.78 is 2.27. The lowest BCUT2D eigenvalue weighted by Gasteiger charge is -2.31. The molecule has 1 aromatic rings. The highest BCUT2D eigenvalue weighted by Crippen LogP contribution is 2.40. The van der Waals surface area contributed by atoms with Gasteiger partial charge >= 0.3 is 0 Å². The Morgan fingerprint density at radius 3 is 2.68 bits per heavy atom. The summed E-state index contributed by atoms with van der Waals surface area (Å²) in [6, 6.07) is 0. The number of aliphatic hydroxyl groups is 2. The van der Waals surface area contributed by atoms with Crippen molar-refractivity contribution in [2.24, 2.45) is 28.0 Å². The number of nitrogens with zero attached hydrogens (tertiary/aromatic N) is 3. The van der Waals surface area contributed by atoms with Gasteiger partial charge in [-0.05, 0) is 42.5 Å². The lowest BCUT2D eigenvalue weighted by atomic mass is 9.77. The number of aromatic hydroxyl groups is 1. The third-order valence-corrected chi connectivity index (χ3v) is 6.24. The molecule has 3 N–H and O–H groups in total. The summed E-state index contributed by atoms with van der Waals surface area (Å²) >= 11 is 6.72. The first-order valence-electron chi connectivity index (χ1n) is 8.15. The SMILES string of the molecule is CC1C=C(n2c(O)c(/C=C3/C=C(O)C(O)N=N3)sc2=S)CC(C)C1C. The standard InChI is InChI=1S/C17H21N3O3S2/c1-8-4-12(5-9(2)10(8)3)20-16(23)14(25-17(20)24)7-11-6-13(21)15(22)19-18-11/h4,6-10,15,21-23H,5H2,1-3H3/b11-7-. The molecular formula is C17H21N3O3S2. The van der Waals surface area contributed by atoms with Gasteiger partial charge in [-0.25, -0.2) is 0 Å². The van der Waals surface area contributed by atoms with E-state index in [1.807, 2.05) is 0 Å². The molecule has 0 aromatic carbocycles. The highest BCUT2D eigenvalue weighted by atomic mass is 32.1. The summed E-state index contributed by atoms with van der Waals surface area (Å²) in [5.74, 6) is 1.29. The van der Waals surface area contributed by atoms with Crippen molar-refractivity contribution in [1.82, 2.24) is 4.57 Å². The summed E-state index contributed by atoms with van der Waals surface area (Å²) in [4.78, 5) is 0.541. The van der Waals surface area contributed by atoms with E-state index in [1.54, 1.807) is 10.6 Å².